The van der Waals surface area contributed by atoms with Gasteiger partial charge in [0.05, 0.1) is 12.8 Å². The van der Waals surface area contributed by atoms with Crippen molar-refractivity contribution in [1.29, 1.82) is 0 Å². The first-order valence-corrected chi connectivity index (χ1v) is 6.11. The number of methoxy groups -OCH3 is 1. The summed E-state index contributed by atoms with van der Waals surface area (Å²) < 4.78 is 5.16. The SMILES string of the molecule is COc1ccccc1NC(=O)Nc1ccc(O)c(C)c1. The molecule has 0 fully saturated rings. The Kier molecular flexibility index (Phi) is 4.10. The van der Waals surface area contributed by atoms with Gasteiger partial charge in [-0.15, -0.1) is 0 Å². The Labute approximate surface area is 117 Å². The van der Waals surface area contributed by atoms with Crippen LogP contribution in [0.2, 0.25) is 0 Å². The molecule has 5 nitrogen and oxygen atoms in total. The molecule has 0 aliphatic carbocycles. The highest BCUT2D eigenvalue weighted by atomic mass is 16.5. The summed E-state index contributed by atoms with van der Waals surface area (Å²) in [5, 5.41) is 14.8. The quantitative estimate of drug-likeness (QED) is 0.750. The predicted molar refractivity (Wildman–Crippen MR) is 78.5 cm³/mol. The second-order valence-electron chi connectivity index (χ2n) is 4.28. The minimum Gasteiger partial charge on any atom is -0.508 e. The van der Waals surface area contributed by atoms with Gasteiger partial charge in [0.2, 0.25) is 0 Å². The van der Waals surface area contributed by atoms with Gasteiger partial charge >= 0.3 is 6.03 Å². The molecule has 0 saturated heterocycles. The zero-order chi connectivity index (χ0) is 14.5. The van der Waals surface area contributed by atoms with Gasteiger partial charge in [0.1, 0.15) is 11.5 Å². The summed E-state index contributed by atoms with van der Waals surface area (Å²) in [6.07, 6.45) is 0. The molecule has 2 aromatic rings. The lowest BCUT2D eigenvalue weighted by Crippen LogP contribution is -2.19. The molecule has 0 radical (unpaired) electrons. The molecule has 5 heteroatoms. The number of rotatable bonds is 3. The Morgan fingerprint density at radius 1 is 1.15 bits per heavy atom. The topological polar surface area (TPSA) is 70.6 Å². The first-order chi connectivity index (χ1) is 9.60. The summed E-state index contributed by atoms with van der Waals surface area (Å²) in [7, 11) is 1.54. The summed E-state index contributed by atoms with van der Waals surface area (Å²) in [6, 6.07) is 11.6. The lowest BCUT2D eigenvalue weighted by atomic mass is 10.2. The van der Waals surface area contributed by atoms with Gasteiger partial charge in [-0.05, 0) is 42.8 Å². The summed E-state index contributed by atoms with van der Waals surface area (Å²) in [4.78, 5) is 11.9. The second kappa shape index (κ2) is 5.97. The third-order valence-electron chi connectivity index (χ3n) is 2.81. The van der Waals surface area contributed by atoms with E-state index in [-0.39, 0.29) is 11.8 Å². The highest BCUT2D eigenvalue weighted by molar-refractivity contribution is 6.00. The van der Waals surface area contributed by atoms with Crippen molar-refractivity contribution in [2.75, 3.05) is 17.7 Å². The summed E-state index contributed by atoms with van der Waals surface area (Å²) in [6.45, 7) is 1.76. The van der Waals surface area contributed by atoms with E-state index in [1.165, 1.54) is 6.07 Å². The van der Waals surface area contributed by atoms with Gasteiger partial charge in [-0.25, -0.2) is 4.79 Å². The molecular formula is C15H16N2O3. The van der Waals surface area contributed by atoms with Crippen molar-refractivity contribution in [3.05, 3.63) is 48.0 Å². The van der Waals surface area contributed by atoms with E-state index in [9.17, 15) is 9.90 Å². The fraction of sp³-hybridized carbons (Fsp3) is 0.133. The van der Waals surface area contributed by atoms with E-state index in [0.717, 1.165) is 0 Å². The van der Waals surface area contributed by atoms with Crippen LogP contribution in [-0.2, 0) is 0 Å². The number of hydrogen-bond acceptors (Lipinski definition) is 3. The second-order valence-corrected chi connectivity index (χ2v) is 4.28. The monoisotopic (exact) mass is 272 g/mol. The van der Waals surface area contributed by atoms with Gasteiger partial charge in [-0.3, -0.25) is 0 Å². The van der Waals surface area contributed by atoms with Crippen molar-refractivity contribution >= 4 is 17.4 Å². The molecule has 3 N–H and O–H groups in total. The Hall–Kier alpha value is -2.69. The maximum Gasteiger partial charge on any atom is 0.323 e. The molecule has 0 aliphatic rings. The Morgan fingerprint density at radius 2 is 1.90 bits per heavy atom. The van der Waals surface area contributed by atoms with Crippen molar-refractivity contribution in [1.82, 2.24) is 0 Å². The van der Waals surface area contributed by atoms with Crippen LogP contribution in [-0.4, -0.2) is 18.2 Å². The summed E-state index contributed by atoms with van der Waals surface area (Å²) in [5.74, 6) is 0.783. The van der Waals surface area contributed by atoms with E-state index in [1.807, 2.05) is 12.1 Å². The van der Waals surface area contributed by atoms with Gasteiger partial charge in [0, 0.05) is 5.69 Å². The van der Waals surface area contributed by atoms with Gasteiger partial charge in [0.25, 0.3) is 0 Å². The molecule has 0 aromatic heterocycles. The number of para-hydroxylation sites is 2. The fourth-order valence-electron chi connectivity index (χ4n) is 1.77. The van der Waals surface area contributed by atoms with Gasteiger partial charge < -0.3 is 20.5 Å². The first-order valence-electron chi connectivity index (χ1n) is 6.11. The van der Waals surface area contributed by atoms with Crippen LogP contribution in [0.1, 0.15) is 5.56 Å². The number of carbonyl (C=O) groups excluding carboxylic acids is 1. The van der Waals surface area contributed by atoms with E-state index >= 15 is 0 Å². The molecule has 0 heterocycles. The molecule has 0 bridgehead atoms. The molecule has 0 unspecified atom stereocenters. The minimum absolute atomic E-state index is 0.195. The number of ether oxygens (including phenoxy) is 1. The average molecular weight is 272 g/mol. The van der Waals surface area contributed by atoms with E-state index in [0.29, 0.717) is 22.7 Å². The van der Waals surface area contributed by atoms with Crippen molar-refractivity contribution in [3.8, 4) is 11.5 Å². The number of benzene rings is 2. The number of anilines is 2. The third-order valence-corrected chi connectivity index (χ3v) is 2.81. The third kappa shape index (κ3) is 3.20. The highest BCUT2D eigenvalue weighted by Crippen LogP contribution is 2.24. The molecule has 2 amide bonds. The number of aromatic hydroxyl groups is 1. The van der Waals surface area contributed by atoms with Crippen molar-refractivity contribution < 1.29 is 14.6 Å². The standard InChI is InChI=1S/C15H16N2O3/c1-10-9-11(7-8-13(10)18)16-15(19)17-12-5-3-4-6-14(12)20-2/h3-9,18H,1-2H3,(H2,16,17,19). The molecule has 0 saturated carbocycles. The summed E-state index contributed by atoms with van der Waals surface area (Å²) >= 11 is 0. The molecule has 20 heavy (non-hydrogen) atoms. The maximum absolute atomic E-state index is 11.9. The van der Waals surface area contributed by atoms with Crippen LogP contribution in [0, 0.1) is 6.92 Å². The van der Waals surface area contributed by atoms with Crippen LogP contribution in [0.3, 0.4) is 0 Å². The number of aryl methyl sites for hydroxylation is 1. The Balaban J connectivity index is 2.07. The minimum atomic E-state index is -0.375. The molecule has 0 aliphatic heterocycles. The van der Waals surface area contributed by atoms with Crippen molar-refractivity contribution in [2.24, 2.45) is 0 Å². The molecular weight excluding hydrogens is 256 g/mol. The van der Waals surface area contributed by atoms with E-state index in [1.54, 1.807) is 38.3 Å². The lowest BCUT2D eigenvalue weighted by Gasteiger charge is -2.11. The average Bonchev–Trinajstić information content (AvgIpc) is 2.43. The number of phenols is 1. The van der Waals surface area contributed by atoms with Crippen LogP contribution < -0.4 is 15.4 Å². The number of urea groups is 1. The highest BCUT2D eigenvalue weighted by Gasteiger charge is 2.07. The van der Waals surface area contributed by atoms with Gasteiger partial charge in [-0.1, -0.05) is 12.1 Å². The molecule has 2 aromatic carbocycles. The Bertz CT molecular complexity index is 626. The number of nitrogens with one attached hydrogen (secondary N) is 2. The normalized spacial score (nSPS) is 9.90. The maximum atomic E-state index is 11.9. The van der Waals surface area contributed by atoms with Crippen LogP contribution >= 0.6 is 0 Å². The van der Waals surface area contributed by atoms with E-state index in [2.05, 4.69) is 10.6 Å². The van der Waals surface area contributed by atoms with Crippen LogP contribution in [0.15, 0.2) is 42.5 Å². The van der Waals surface area contributed by atoms with Crippen molar-refractivity contribution in [3.63, 3.8) is 0 Å². The summed E-state index contributed by atoms with van der Waals surface area (Å²) in [5.41, 5.74) is 1.88. The van der Waals surface area contributed by atoms with Gasteiger partial charge in [-0.2, -0.15) is 0 Å². The zero-order valence-electron chi connectivity index (χ0n) is 11.3. The van der Waals surface area contributed by atoms with Gasteiger partial charge in [0.15, 0.2) is 0 Å². The first kappa shape index (κ1) is 13.7. The van der Waals surface area contributed by atoms with Crippen LogP contribution in [0.25, 0.3) is 0 Å². The molecule has 2 rings (SSSR count). The fourth-order valence-corrected chi connectivity index (χ4v) is 1.77. The molecule has 0 spiro atoms. The van der Waals surface area contributed by atoms with E-state index in [4.69, 9.17) is 4.74 Å². The zero-order valence-corrected chi connectivity index (χ0v) is 11.3. The number of phenolic OH excluding ortho intramolecular Hbond substituents is 1. The van der Waals surface area contributed by atoms with Crippen LogP contribution in [0.5, 0.6) is 11.5 Å². The Morgan fingerprint density at radius 3 is 2.60 bits per heavy atom. The number of hydrogen-bond donors (Lipinski definition) is 3. The van der Waals surface area contributed by atoms with E-state index < -0.39 is 0 Å². The van der Waals surface area contributed by atoms with Crippen LogP contribution in [0.4, 0.5) is 16.2 Å². The molecule has 104 valence electrons. The number of amides is 2. The smallest absolute Gasteiger partial charge is 0.323 e. The predicted octanol–water partition coefficient (Wildman–Crippen LogP) is 3.35. The van der Waals surface area contributed by atoms with Crippen molar-refractivity contribution in [2.45, 2.75) is 6.92 Å². The largest absolute Gasteiger partial charge is 0.508 e. The molecule has 0 atom stereocenters. The number of carbonyl (C=O) groups is 1. The lowest BCUT2D eigenvalue weighted by molar-refractivity contribution is 0.262.